The van der Waals surface area contributed by atoms with Gasteiger partial charge in [-0.15, -0.1) is 0 Å². The molecule has 0 aromatic carbocycles. The van der Waals surface area contributed by atoms with E-state index in [1.54, 1.807) is 0 Å². The first-order valence-electron chi connectivity index (χ1n) is 2.28. The van der Waals surface area contributed by atoms with Crippen molar-refractivity contribution in [2.45, 2.75) is 0 Å². The molecule has 1 nitrogen and oxygen atoms in total. The van der Waals surface area contributed by atoms with E-state index in [4.69, 9.17) is 0 Å². The van der Waals surface area contributed by atoms with Crippen molar-refractivity contribution in [3.8, 4) is 0 Å². The van der Waals surface area contributed by atoms with Crippen molar-refractivity contribution in [1.82, 2.24) is 0 Å². The summed E-state index contributed by atoms with van der Waals surface area (Å²) in [5.41, 5.74) is 1.17. The molecule has 1 heterocycles. The molecule has 0 radical (unpaired) electrons. The second-order valence-electron chi connectivity index (χ2n) is 1.15. The van der Waals surface area contributed by atoms with Crippen molar-refractivity contribution in [2.24, 2.45) is 0 Å². The first-order chi connectivity index (χ1) is 4.41. The van der Waals surface area contributed by atoms with Crippen LogP contribution in [0.15, 0.2) is 30.6 Å². The van der Waals surface area contributed by atoms with Gasteiger partial charge in [-0.1, -0.05) is 6.07 Å². The minimum Gasteiger partial charge on any atom is -0.218 e. The molecule has 0 aliphatic carbocycles. The molecule has 1 N–H and O–H groups in total. The van der Waals surface area contributed by atoms with Gasteiger partial charge in [0, 0.05) is 12.1 Å². The summed E-state index contributed by atoms with van der Waals surface area (Å²) in [4.78, 5) is 2.89. The summed E-state index contributed by atoms with van der Waals surface area (Å²) >= 11 is 5.44. The first-order valence-corrected chi connectivity index (χ1v) is 7.60. The van der Waals surface area contributed by atoms with Crippen LogP contribution >= 0.6 is 5.52 Å². The van der Waals surface area contributed by atoms with Crippen LogP contribution < -0.4 is 4.98 Å². The number of rotatable bonds is 0. The van der Waals surface area contributed by atoms with E-state index in [9.17, 15) is 0 Å². The van der Waals surface area contributed by atoms with Crippen LogP contribution in [0.4, 0.5) is 0 Å². The van der Waals surface area contributed by atoms with Gasteiger partial charge in [-0.25, -0.2) is 4.98 Å². The summed E-state index contributed by atoms with van der Waals surface area (Å²) in [6.45, 7) is 0. The van der Waals surface area contributed by atoms with Crippen LogP contribution in [0, 0.1) is 0 Å². The van der Waals surface area contributed by atoms with Gasteiger partial charge in [0.1, 0.15) is 0 Å². The summed E-state index contributed by atoms with van der Waals surface area (Å²) < 4.78 is 0. The molecule has 4 heteroatoms. The van der Waals surface area contributed by atoms with Crippen LogP contribution in [0.1, 0.15) is 0 Å². The SMILES string of the molecule is [Se]=P[Se-].c1cc[nH+]cc1. The van der Waals surface area contributed by atoms with E-state index in [0.29, 0.717) is 0 Å². The van der Waals surface area contributed by atoms with Crippen LogP contribution in [-0.2, 0) is 0 Å². The molecule has 1 aromatic heterocycles. The van der Waals surface area contributed by atoms with Crippen molar-refractivity contribution in [1.29, 1.82) is 0 Å². The summed E-state index contributed by atoms with van der Waals surface area (Å²) in [6.07, 6.45) is 3.75. The molecule has 0 unspecified atom stereocenters. The topological polar surface area (TPSA) is 14.1 Å². The average molecular weight is 269 g/mol. The molecule has 0 fully saturated rings. The summed E-state index contributed by atoms with van der Waals surface area (Å²) in [7, 11) is 0. The fourth-order valence-electron chi connectivity index (χ4n) is 0.342. The maximum absolute atomic E-state index is 2.89. The largest absolute Gasteiger partial charge is 0.218 e. The molecule has 1 rings (SSSR count). The smallest absolute Gasteiger partial charge is 0.166 e. The zero-order valence-corrected chi connectivity index (χ0v) is 8.97. The van der Waals surface area contributed by atoms with Crippen molar-refractivity contribution in [3.05, 3.63) is 30.6 Å². The molecule has 0 aliphatic rings. The molecule has 0 aliphatic heterocycles. The Bertz CT molecular complexity index is 118. The van der Waals surface area contributed by atoms with E-state index < -0.39 is 0 Å². The average Bonchev–Trinajstić information content (AvgIpc) is 1.93. The van der Waals surface area contributed by atoms with E-state index in [1.807, 2.05) is 30.6 Å². The van der Waals surface area contributed by atoms with Gasteiger partial charge >= 0.3 is 36.2 Å². The predicted molar refractivity (Wildman–Crippen MR) is 41.4 cm³/mol. The second-order valence-corrected chi connectivity index (χ2v) is 7.11. The molecular weight excluding hydrogens is 263 g/mol. The Morgan fingerprint density at radius 2 is 1.67 bits per heavy atom. The number of pyridine rings is 1. The molecule has 0 saturated heterocycles. The molecule has 1 aromatic rings. The summed E-state index contributed by atoms with van der Waals surface area (Å²) in [6, 6.07) is 5.86. The van der Waals surface area contributed by atoms with Gasteiger partial charge in [0.25, 0.3) is 0 Å². The Labute approximate surface area is 71.7 Å². The van der Waals surface area contributed by atoms with Crippen molar-refractivity contribution >= 4 is 36.2 Å². The minimum atomic E-state index is 1.17. The van der Waals surface area contributed by atoms with Crippen molar-refractivity contribution < 1.29 is 4.98 Å². The fraction of sp³-hybridized carbons (Fsp3) is 0. The van der Waals surface area contributed by atoms with Crippen LogP contribution in [0.2, 0.25) is 0 Å². The second kappa shape index (κ2) is 8.49. The Morgan fingerprint density at radius 1 is 1.22 bits per heavy atom. The number of nitrogens with one attached hydrogen (secondary N) is 1. The molecular formula is C5H6NPSe2. The number of hydrogen-bond donors (Lipinski definition) is 0. The van der Waals surface area contributed by atoms with Gasteiger partial charge in [0.2, 0.25) is 0 Å². The molecule has 9 heavy (non-hydrogen) atoms. The van der Waals surface area contributed by atoms with E-state index in [-0.39, 0.29) is 0 Å². The normalized spacial score (nSPS) is 7.67. The van der Waals surface area contributed by atoms with Gasteiger partial charge in [-0.05, 0) is 0 Å². The third kappa shape index (κ3) is 8.49. The molecule has 0 saturated carbocycles. The van der Waals surface area contributed by atoms with Crippen LogP contribution in [0.25, 0.3) is 0 Å². The monoisotopic (exact) mass is 271 g/mol. The van der Waals surface area contributed by atoms with E-state index in [2.05, 4.69) is 35.7 Å². The predicted octanol–water partition coefficient (Wildman–Crippen LogP) is 0.600. The maximum Gasteiger partial charge on any atom is 0.166 e. The zero-order chi connectivity index (χ0) is 6.95. The van der Waals surface area contributed by atoms with Crippen molar-refractivity contribution in [2.75, 3.05) is 0 Å². The third-order valence-corrected chi connectivity index (χ3v) is 0.607. The Hall–Kier alpha value is 0.489. The quantitative estimate of drug-likeness (QED) is 0.484. The zero-order valence-electron chi connectivity index (χ0n) is 4.65. The molecule has 0 spiro atoms. The summed E-state index contributed by atoms with van der Waals surface area (Å²) in [5.74, 6) is 0. The van der Waals surface area contributed by atoms with Crippen LogP contribution in [0.5, 0.6) is 0 Å². The van der Waals surface area contributed by atoms with Crippen molar-refractivity contribution in [3.63, 3.8) is 0 Å². The number of H-pyrrole nitrogens is 1. The van der Waals surface area contributed by atoms with Gasteiger partial charge < -0.3 is 0 Å². The van der Waals surface area contributed by atoms with Gasteiger partial charge in [-0.3, -0.25) is 0 Å². The van der Waals surface area contributed by atoms with E-state index in [0.717, 1.165) is 0 Å². The first kappa shape index (κ1) is 9.49. The summed E-state index contributed by atoms with van der Waals surface area (Å²) in [5, 5.41) is 0. The fourth-order valence-corrected chi connectivity index (χ4v) is 0.342. The molecule has 0 atom stereocenters. The maximum atomic E-state index is 2.89. The number of aromatic nitrogens is 1. The Kier molecular flexibility index (Phi) is 8.95. The molecule has 0 amide bonds. The van der Waals surface area contributed by atoms with Gasteiger partial charge in [0.15, 0.2) is 12.4 Å². The van der Waals surface area contributed by atoms with E-state index >= 15 is 0 Å². The third-order valence-electron chi connectivity index (χ3n) is 0.607. The van der Waals surface area contributed by atoms with Gasteiger partial charge in [-0.2, -0.15) is 0 Å². The van der Waals surface area contributed by atoms with Gasteiger partial charge in [0.05, 0.1) is 0 Å². The molecule has 0 bridgehead atoms. The van der Waals surface area contributed by atoms with E-state index in [1.165, 1.54) is 5.52 Å². The van der Waals surface area contributed by atoms with Crippen LogP contribution in [-0.4, -0.2) is 30.7 Å². The van der Waals surface area contributed by atoms with Crippen LogP contribution in [0.3, 0.4) is 0 Å². The number of aromatic amines is 1. The number of hydrogen-bond acceptors (Lipinski definition) is 0. The standard InChI is InChI=1S/C5H5N.HPSe2/c1-2-4-6-5-3-1;2-1-3/h1-5H;(H,2,3). The molecule has 48 valence electrons. The minimum absolute atomic E-state index is 1.17. The Morgan fingerprint density at radius 3 is 1.78 bits per heavy atom. The Balaban J connectivity index is 0.000000187.